The van der Waals surface area contributed by atoms with Gasteiger partial charge in [-0.2, -0.15) is 0 Å². The predicted octanol–water partition coefficient (Wildman–Crippen LogP) is 3.95. The van der Waals surface area contributed by atoms with Crippen molar-refractivity contribution in [3.05, 3.63) is 82.9 Å². The van der Waals surface area contributed by atoms with Gasteiger partial charge in [0, 0.05) is 24.2 Å². The number of aryl methyl sites for hydroxylation is 1. The molecular formula is C24H24N2O2. The van der Waals surface area contributed by atoms with Crippen molar-refractivity contribution in [2.45, 2.75) is 19.8 Å². The highest BCUT2D eigenvalue weighted by atomic mass is 16.2. The summed E-state index contributed by atoms with van der Waals surface area (Å²) in [4.78, 5) is 26.5. The maximum Gasteiger partial charge on any atom is 0.254 e. The summed E-state index contributed by atoms with van der Waals surface area (Å²) in [6.45, 7) is 3.58. The summed E-state index contributed by atoms with van der Waals surface area (Å²) in [6, 6.07) is 19.5. The summed E-state index contributed by atoms with van der Waals surface area (Å²) in [5.41, 5.74) is 8.97. The molecule has 3 aromatic rings. The van der Waals surface area contributed by atoms with Crippen LogP contribution in [0.4, 0.5) is 0 Å². The van der Waals surface area contributed by atoms with E-state index in [9.17, 15) is 9.59 Å². The average molecular weight is 372 g/mol. The molecule has 0 aromatic heterocycles. The molecule has 4 nitrogen and oxygen atoms in total. The number of nitrogens with zero attached hydrogens (tertiary/aromatic N) is 1. The van der Waals surface area contributed by atoms with Gasteiger partial charge in [0.25, 0.3) is 5.91 Å². The third kappa shape index (κ3) is 3.50. The van der Waals surface area contributed by atoms with Gasteiger partial charge in [-0.15, -0.1) is 0 Å². The third-order valence-electron chi connectivity index (χ3n) is 5.68. The SMILES string of the molecule is Cc1ccc(C(=O)N2CC[C@@H](Cc3cccc(C(N)=O)c3)C2)c2ccccc12. The Labute approximate surface area is 165 Å². The molecule has 1 aliphatic heterocycles. The first-order chi connectivity index (χ1) is 13.5. The fraction of sp³-hybridized carbons (Fsp3) is 0.250. The summed E-state index contributed by atoms with van der Waals surface area (Å²) in [6.07, 6.45) is 1.82. The first-order valence-electron chi connectivity index (χ1n) is 9.69. The van der Waals surface area contributed by atoms with Crippen molar-refractivity contribution in [2.75, 3.05) is 13.1 Å². The van der Waals surface area contributed by atoms with Crippen LogP contribution >= 0.6 is 0 Å². The van der Waals surface area contributed by atoms with Crippen LogP contribution in [0.25, 0.3) is 10.8 Å². The fourth-order valence-electron chi connectivity index (χ4n) is 4.18. The van der Waals surface area contributed by atoms with Crippen molar-refractivity contribution in [3.8, 4) is 0 Å². The van der Waals surface area contributed by atoms with E-state index >= 15 is 0 Å². The van der Waals surface area contributed by atoms with Crippen molar-refractivity contribution in [3.63, 3.8) is 0 Å². The van der Waals surface area contributed by atoms with Gasteiger partial charge >= 0.3 is 0 Å². The van der Waals surface area contributed by atoms with E-state index in [0.717, 1.165) is 47.8 Å². The second kappa shape index (κ2) is 7.47. The summed E-state index contributed by atoms with van der Waals surface area (Å²) in [7, 11) is 0. The molecule has 0 unspecified atom stereocenters. The minimum absolute atomic E-state index is 0.101. The second-order valence-corrected chi connectivity index (χ2v) is 7.65. The summed E-state index contributed by atoms with van der Waals surface area (Å²) in [5.74, 6) is 0.0877. The molecule has 2 N–H and O–H groups in total. The van der Waals surface area contributed by atoms with Crippen LogP contribution in [0.5, 0.6) is 0 Å². The van der Waals surface area contributed by atoms with Crippen molar-refractivity contribution >= 4 is 22.6 Å². The van der Waals surface area contributed by atoms with Gasteiger partial charge in [0.05, 0.1) is 0 Å². The van der Waals surface area contributed by atoms with Gasteiger partial charge in [0.2, 0.25) is 5.91 Å². The van der Waals surface area contributed by atoms with Crippen LogP contribution < -0.4 is 5.73 Å². The van der Waals surface area contributed by atoms with Crippen molar-refractivity contribution in [2.24, 2.45) is 11.7 Å². The number of fused-ring (bicyclic) bond motifs is 1. The van der Waals surface area contributed by atoms with Gasteiger partial charge in [-0.1, -0.05) is 42.5 Å². The molecule has 1 fully saturated rings. The van der Waals surface area contributed by atoms with Crippen LogP contribution in [0, 0.1) is 12.8 Å². The van der Waals surface area contributed by atoms with E-state index in [2.05, 4.69) is 13.0 Å². The third-order valence-corrected chi connectivity index (χ3v) is 5.68. The highest BCUT2D eigenvalue weighted by molar-refractivity contribution is 6.07. The second-order valence-electron chi connectivity index (χ2n) is 7.65. The Morgan fingerprint density at radius 2 is 1.82 bits per heavy atom. The molecule has 2 amide bonds. The molecule has 4 rings (SSSR count). The molecule has 0 spiro atoms. The number of likely N-dealkylation sites (tertiary alicyclic amines) is 1. The van der Waals surface area contributed by atoms with Crippen LogP contribution in [0.1, 0.15) is 38.3 Å². The van der Waals surface area contributed by atoms with Gasteiger partial charge < -0.3 is 10.6 Å². The molecule has 0 bridgehead atoms. The molecule has 1 atom stereocenters. The number of hydrogen-bond donors (Lipinski definition) is 1. The Balaban J connectivity index is 1.50. The normalized spacial score (nSPS) is 16.5. The largest absolute Gasteiger partial charge is 0.366 e. The minimum Gasteiger partial charge on any atom is -0.366 e. The maximum absolute atomic E-state index is 13.2. The van der Waals surface area contributed by atoms with E-state index in [0.29, 0.717) is 11.5 Å². The van der Waals surface area contributed by atoms with Crippen LogP contribution in [0.15, 0.2) is 60.7 Å². The molecule has 3 aromatic carbocycles. The van der Waals surface area contributed by atoms with Gasteiger partial charge in [0.1, 0.15) is 0 Å². The van der Waals surface area contributed by atoms with Crippen LogP contribution in [0.2, 0.25) is 0 Å². The number of carbonyl (C=O) groups excluding carboxylic acids is 2. The molecule has 1 heterocycles. The first-order valence-corrected chi connectivity index (χ1v) is 9.69. The Bertz CT molecular complexity index is 1060. The first kappa shape index (κ1) is 18.2. The number of hydrogen-bond acceptors (Lipinski definition) is 2. The van der Waals surface area contributed by atoms with Crippen LogP contribution in [-0.4, -0.2) is 29.8 Å². The van der Waals surface area contributed by atoms with E-state index < -0.39 is 5.91 Å². The lowest BCUT2D eigenvalue weighted by molar-refractivity contribution is 0.0789. The lowest BCUT2D eigenvalue weighted by Gasteiger charge is -2.18. The Morgan fingerprint density at radius 3 is 2.61 bits per heavy atom. The fourth-order valence-corrected chi connectivity index (χ4v) is 4.18. The average Bonchev–Trinajstić information content (AvgIpc) is 3.17. The topological polar surface area (TPSA) is 63.4 Å². The quantitative estimate of drug-likeness (QED) is 0.754. The lowest BCUT2D eigenvalue weighted by atomic mass is 9.97. The smallest absolute Gasteiger partial charge is 0.254 e. The Hall–Kier alpha value is -3.14. The zero-order chi connectivity index (χ0) is 19.7. The molecule has 28 heavy (non-hydrogen) atoms. The number of benzene rings is 3. The molecule has 0 saturated carbocycles. The van der Waals surface area contributed by atoms with Crippen molar-refractivity contribution in [1.82, 2.24) is 4.90 Å². The zero-order valence-electron chi connectivity index (χ0n) is 16.0. The maximum atomic E-state index is 13.2. The predicted molar refractivity (Wildman–Crippen MR) is 111 cm³/mol. The number of amides is 2. The molecular weight excluding hydrogens is 348 g/mol. The number of nitrogens with two attached hydrogens (primary N) is 1. The van der Waals surface area contributed by atoms with E-state index in [1.807, 2.05) is 53.4 Å². The van der Waals surface area contributed by atoms with E-state index in [1.165, 1.54) is 5.56 Å². The van der Waals surface area contributed by atoms with Gasteiger partial charge in [-0.05, 0) is 65.8 Å². The van der Waals surface area contributed by atoms with Crippen molar-refractivity contribution < 1.29 is 9.59 Å². The van der Waals surface area contributed by atoms with Gasteiger partial charge in [-0.25, -0.2) is 0 Å². The van der Waals surface area contributed by atoms with E-state index in [4.69, 9.17) is 5.73 Å². The van der Waals surface area contributed by atoms with Crippen LogP contribution in [0.3, 0.4) is 0 Å². The molecule has 142 valence electrons. The van der Waals surface area contributed by atoms with Gasteiger partial charge in [0.15, 0.2) is 0 Å². The number of rotatable bonds is 4. The van der Waals surface area contributed by atoms with Crippen LogP contribution in [-0.2, 0) is 6.42 Å². The monoisotopic (exact) mass is 372 g/mol. The molecule has 1 saturated heterocycles. The Morgan fingerprint density at radius 1 is 1.04 bits per heavy atom. The number of primary amides is 1. The summed E-state index contributed by atoms with van der Waals surface area (Å²) < 4.78 is 0. The molecule has 0 radical (unpaired) electrons. The van der Waals surface area contributed by atoms with Crippen molar-refractivity contribution in [1.29, 1.82) is 0 Å². The summed E-state index contributed by atoms with van der Waals surface area (Å²) in [5, 5.41) is 2.15. The lowest BCUT2D eigenvalue weighted by Crippen LogP contribution is -2.29. The highest BCUT2D eigenvalue weighted by Gasteiger charge is 2.28. The highest BCUT2D eigenvalue weighted by Crippen LogP contribution is 2.27. The number of carbonyl (C=O) groups is 2. The molecule has 0 aliphatic carbocycles. The van der Waals surface area contributed by atoms with E-state index in [1.54, 1.807) is 6.07 Å². The zero-order valence-corrected chi connectivity index (χ0v) is 16.0. The molecule has 1 aliphatic rings. The Kier molecular flexibility index (Phi) is 4.86. The van der Waals surface area contributed by atoms with Gasteiger partial charge in [-0.3, -0.25) is 9.59 Å². The standard InChI is InChI=1S/C24H24N2O2/c1-16-9-10-22(21-8-3-2-7-20(16)21)24(28)26-12-11-18(15-26)13-17-5-4-6-19(14-17)23(25)27/h2-10,14,18H,11-13,15H2,1H3,(H2,25,27)/t18-/m0/s1. The molecule has 4 heteroatoms. The minimum atomic E-state index is -0.406. The summed E-state index contributed by atoms with van der Waals surface area (Å²) >= 11 is 0. The van der Waals surface area contributed by atoms with E-state index in [-0.39, 0.29) is 5.91 Å².